The van der Waals surface area contributed by atoms with Gasteiger partial charge in [0.25, 0.3) is 0 Å². The zero-order chi connectivity index (χ0) is 20.9. The van der Waals surface area contributed by atoms with Gasteiger partial charge in [0.05, 0.1) is 13.0 Å². The van der Waals surface area contributed by atoms with Crippen molar-refractivity contribution in [2.75, 3.05) is 6.61 Å². The predicted octanol–water partition coefficient (Wildman–Crippen LogP) is 6.08. The monoisotopic (exact) mass is 397 g/mol. The molecule has 0 aliphatic heterocycles. The molecule has 30 heavy (non-hydrogen) atoms. The van der Waals surface area contributed by atoms with Crippen molar-refractivity contribution >= 4 is 16.9 Å². The molecule has 1 unspecified atom stereocenters. The van der Waals surface area contributed by atoms with Gasteiger partial charge in [0.2, 0.25) is 0 Å². The molecule has 1 heterocycles. The number of carbonyl (C=O) groups is 1. The van der Waals surface area contributed by atoms with Crippen LogP contribution in [0.1, 0.15) is 41.5 Å². The maximum atomic E-state index is 12.5. The van der Waals surface area contributed by atoms with E-state index in [9.17, 15) is 4.79 Å². The Labute approximate surface area is 177 Å². The zero-order valence-corrected chi connectivity index (χ0v) is 17.5. The van der Waals surface area contributed by atoms with Crippen LogP contribution in [-0.2, 0) is 16.1 Å². The van der Waals surface area contributed by atoms with Crippen molar-refractivity contribution in [3.63, 3.8) is 0 Å². The van der Waals surface area contributed by atoms with E-state index in [0.29, 0.717) is 13.0 Å². The molecule has 0 saturated heterocycles. The van der Waals surface area contributed by atoms with Crippen molar-refractivity contribution in [3.05, 3.63) is 107 Å². The fourth-order valence-corrected chi connectivity index (χ4v) is 4.14. The lowest BCUT2D eigenvalue weighted by atomic mass is 9.87. The summed E-state index contributed by atoms with van der Waals surface area (Å²) in [4.78, 5) is 12.5. The van der Waals surface area contributed by atoms with Crippen molar-refractivity contribution in [3.8, 4) is 0 Å². The van der Waals surface area contributed by atoms with Gasteiger partial charge in [0.1, 0.15) is 0 Å². The average molecular weight is 398 g/mol. The molecule has 1 aromatic heterocycles. The molecule has 0 saturated carbocycles. The largest absolute Gasteiger partial charge is 0.466 e. The first-order valence-corrected chi connectivity index (χ1v) is 10.5. The van der Waals surface area contributed by atoms with Gasteiger partial charge in [-0.2, -0.15) is 0 Å². The van der Waals surface area contributed by atoms with Crippen LogP contribution in [0.3, 0.4) is 0 Å². The van der Waals surface area contributed by atoms with Crippen LogP contribution in [0.15, 0.2) is 85.1 Å². The smallest absolute Gasteiger partial charge is 0.306 e. The van der Waals surface area contributed by atoms with Crippen molar-refractivity contribution in [2.45, 2.75) is 32.7 Å². The number of aromatic nitrogens is 1. The van der Waals surface area contributed by atoms with Gasteiger partial charge in [-0.1, -0.05) is 78.4 Å². The normalized spacial score (nSPS) is 12.1. The van der Waals surface area contributed by atoms with Gasteiger partial charge in [-0.3, -0.25) is 4.79 Å². The van der Waals surface area contributed by atoms with Crippen LogP contribution in [0.2, 0.25) is 0 Å². The van der Waals surface area contributed by atoms with E-state index < -0.39 is 0 Å². The van der Waals surface area contributed by atoms with Gasteiger partial charge in [-0.25, -0.2) is 0 Å². The van der Waals surface area contributed by atoms with Crippen LogP contribution < -0.4 is 0 Å². The summed E-state index contributed by atoms with van der Waals surface area (Å²) in [5.74, 6) is -0.213. The molecule has 0 radical (unpaired) electrons. The summed E-state index contributed by atoms with van der Waals surface area (Å²) in [7, 11) is 0. The Balaban J connectivity index is 1.81. The van der Waals surface area contributed by atoms with Gasteiger partial charge in [-0.05, 0) is 36.6 Å². The van der Waals surface area contributed by atoms with Crippen molar-refractivity contribution in [1.82, 2.24) is 4.57 Å². The molecule has 4 aromatic rings. The highest BCUT2D eigenvalue weighted by Gasteiger charge is 2.23. The Bertz CT molecular complexity index is 1140. The third-order valence-electron chi connectivity index (χ3n) is 5.51. The Morgan fingerprint density at radius 1 is 0.967 bits per heavy atom. The van der Waals surface area contributed by atoms with Gasteiger partial charge in [0.15, 0.2) is 0 Å². The summed E-state index contributed by atoms with van der Waals surface area (Å²) >= 11 is 0. The molecule has 0 aliphatic carbocycles. The SMILES string of the molecule is CCOC(=O)CC(c1cccc(C)c1)c1cn(Cc2ccccc2)c2ccccc12. The average Bonchev–Trinajstić information content (AvgIpc) is 3.11. The minimum absolute atomic E-state index is 0.0501. The Morgan fingerprint density at radius 2 is 1.73 bits per heavy atom. The summed E-state index contributed by atoms with van der Waals surface area (Å²) in [6.07, 6.45) is 2.54. The maximum Gasteiger partial charge on any atom is 0.306 e. The van der Waals surface area contributed by atoms with E-state index in [4.69, 9.17) is 4.74 Å². The number of benzene rings is 3. The number of ether oxygens (including phenoxy) is 1. The highest BCUT2D eigenvalue weighted by molar-refractivity contribution is 5.86. The number of hydrogen-bond acceptors (Lipinski definition) is 2. The molecular formula is C27H27NO2. The molecule has 152 valence electrons. The molecule has 0 N–H and O–H groups in total. The molecule has 3 heteroatoms. The highest BCUT2D eigenvalue weighted by Crippen LogP contribution is 2.35. The Morgan fingerprint density at radius 3 is 2.50 bits per heavy atom. The Hall–Kier alpha value is -3.33. The van der Waals surface area contributed by atoms with E-state index in [1.807, 2.05) is 13.0 Å². The van der Waals surface area contributed by atoms with Crippen LogP contribution in [0, 0.1) is 6.92 Å². The first-order chi connectivity index (χ1) is 14.7. The quantitative estimate of drug-likeness (QED) is 0.354. The van der Waals surface area contributed by atoms with Crippen molar-refractivity contribution in [2.24, 2.45) is 0 Å². The van der Waals surface area contributed by atoms with E-state index in [0.717, 1.165) is 12.1 Å². The van der Waals surface area contributed by atoms with Gasteiger partial charge in [-0.15, -0.1) is 0 Å². The lowest BCUT2D eigenvalue weighted by molar-refractivity contribution is -0.143. The molecular weight excluding hydrogens is 370 g/mol. The summed E-state index contributed by atoms with van der Waals surface area (Å²) < 4.78 is 7.60. The van der Waals surface area contributed by atoms with Crippen LogP contribution in [0.5, 0.6) is 0 Å². The molecule has 1 atom stereocenters. The van der Waals surface area contributed by atoms with Crippen molar-refractivity contribution in [1.29, 1.82) is 0 Å². The lowest BCUT2D eigenvalue weighted by Gasteiger charge is -2.17. The van der Waals surface area contributed by atoms with E-state index in [2.05, 4.69) is 90.5 Å². The van der Waals surface area contributed by atoms with Crippen LogP contribution in [-0.4, -0.2) is 17.1 Å². The fourth-order valence-electron chi connectivity index (χ4n) is 4.14. The highest BCUT2D eigenvalue weighted by atomic mass is 16.5. The summed E-state index contributed by atoms with van der Waals surface area (Å²) in [6.45, 7) is 5.13. The first-order valence-electron chi connectivity index (χ1n) is 10.5. The summed E-state index contributed by atoms with van der Waals surface area (Å²) in [6, 6.07) is 27.3. The molecule has 3 aromatic carbocycles. The minimum atomic E-state index is -0.163. The van der Waals surface area contributed by atoms with Crippen LogP contribution in [0.25, 0.3) is 10.9 Å². The topological polar surface area (TPSA) is 31.2 Å². The summed E-state index contributed by atoms with van der Waals surface area (Å²) in [5, 5.41) is 1.18. The van der Waals surface area contributed by atoms with E-state index in [1.165, 1.54) is 27.6 Å². The molecule has 0 bridgehead atoms. The number of rotatable bonds is 7. The number of hydrogen-bond donors (Lipinski definition) is 0. The van der Waals surface area contributed by atoms with Crippen molar-refractivity contribution < 1.29 is 9.53 Å². The van der Waals surface area contributed by atoms with Crippen LogP contribution in [0.4, 0.5) is 0 Å². The lowest BCUT2D eigenvalue weighted by Crippen LogP contribution is -2.12. The van der Waals surface area contributed by atoms with Gasteiger partial charge in [0, 0.05) is 29.6 Å². The number of carbonyl (C=O) groups excluding carboxylic acids is 1. The van der Waals surface area contributed by atoms with Gasteiger partial charge < -0.3 is 9.30 Å². The second-order valence-electron chi connectivity index (χ2n) is 7.69. The van der Waals surface area contributed by atoms with Crippen LogP contribution >= 0.6 is 0 Å². The molecule has 0 spiro atoms. The number of aryl methyl sites for hydroxylation is 1. The predicted molar refractivity (Wildman–Crippen MR) is 122 cm³/mol. The number of para-hydroxylation sites is 1. The maximum absolute atomic E-state index is 12.5. The second-order valence-corrected chi connectivity index (χ2v) is 7.69. The number of nitrogens with zero attached hydrogens (tertiary/aromatic N) is 1. The second kappa shape index (κ2) is 9.00. The van der Waals surface area contributed by atoms with E-state index in [1.54, 1.807) is 0 Å². The third kappa shape index (κ3) is 4.30. The Kier molecular flexibility index (Phi) is 5.99. The van der Waals surface area contributed by atoms with E-state index >= 15 is 0 Å². The third-order valence-corrected chi connectivity index (χ3v) is 5.51. The number of esters is 1. The fraction of sp³-hybridized carbons (Fsp3) is 0.222. The first kappa shape index (κ1) is 20.0. The minimum Gasteiger partial charge on any atom is -0.466 e. The molecule has 0 aliphatic rings. The molecule has 3 nitrogen and oxygen atoms in total. The molecule has 4 rings (SSSR count). The molecule has 0 amide bonds. The number of fused-ring (bicyclic) bond motifs is 1. The standard InChI is InChI=1S/C27H27NO2/c1-3-30-27(29)17-24(22-13-9-10-20(2)16-22)25-19-28(18-21-11-5-4-6-12-21)26-15-8-7-14-23(25)26/h4-16,19,24H,3,17-18H2,1-2H3. The van der Waals surface area contributed by atoms with Gasteiger partial charge >= 0.3 is 5.97 Å². The molecule has 0 fully saturated rings. The zero-order valence-electron chi connectivity index (χ0n) is 17.5. The summed E-state index contributed by atoms with van der Waals surface area (Å²) in [5.41, 5.74) is 5.93. The van der Waals surface area contributed by atoms with E-state index in [-0.39, 0.29) is 11.9 Å².